The molecule has 8 heteroatoms. The molecule has 2 rings (SSSR count). The predicted octanol–water partition coefficient (Wildman–Crippen LogP) is 3.57. The van der Waals surface area contributed by atoms with E-state index in [-0.39, 0.29) is 35.9 Å². The quantitative estimate of drug-likeness (QED) is 0.181. The van der Waals surface area contributed by atoms with Gasteiger partial charge in [0.2, 0.25) is 0 Å². The molecule has 6 nitrogen and oxygen atoms in total. The molecule has 1 saturated heterocycles. The Kier molecular flexibility index (Phi) is 14.8. The zero-order valence-corrected chi connectivity index (χ0v) is 21.7. The van der Waals surface area contributed by atoms with E-state index in [1.54, 1.807) is 12.1 Å². The van der Waals surface area contributed by atoms with Gasteiger partial charge in [-0.1, -0.05) is 19.9 Å². The molecule has 31 heavy (non-hydrogen) atoms. The van der Waals surface area contributed by atoms with Crippen LogP contribution in [-0.2, 0) is 0 Å². The second-order valence-electron chi connectivity index (χ2n) is 7.73. The first-order chi connectivity index (χ1) is 14.6. The van der Waals surface area contributed by atoms with Gasteiger partial charge >= 0.3 is 0 Å². The van der Waals surface area contributed by atoms with Crippen LogP contribution in [0.2, 0.25) is 0 Å². The van der Waals surface area contributed by atoms with Crippen molar-refractivity contribution in [2.24, 2.45) is 4.99 Å². The van der Waals surface area contributed by atoms with Gasteiger partial charge in [-0.05, 0) is 51.4 Å². The van der Waals surface area contributed by atoms with E-state index in [9.17, 15) is 4.39 Å². The van der Waals surface area contributed by atoms with Crippen LogP contribution in [0.3, 0.4) is 0 Å². The van der Waals surface area contributed by atoms with Gasteiger partial charge in [0.15, 0.2) is 5.96 Å². The van der Waals surface area contributed by atoms with Gasteiger partial charge in [0.25, 0.3) is 0 Å². The highest BCUT2D eigenvalue weighted by Crippen LogP contribution is 2.15. The van der Waals surface area contributed by atoms with Crippen molar-refractivity contribution < 1.29 is 9.13 Å². The number of ether oxygens (including phenoxy) is 1. The van der Waals surface area contributed by atoms with E-state index >= 15 is 0 Å². The summed E-state index contributed by atoms with van der Waals surface area (Å²) >= 11 is 0. The van der Waals surface area contributed by atoms with Gasteiger partial charge < -0.3 is 25.2 Å². The van der Waals surface area contributed by atoms with E-state index in [1.165, 1.54) is 51.3 Å². The summed E-state index contributed by atoms with van der Waals surface area (Å²) in [7, 11) is 0. The first-order valence-electron chi connectivity index (χ1n) is 11.5. The Morgan fingerprint density at radius 2 is 1.84 bits per heavy atom. The number of halogens is 2. The fraction of sp³-hybridized carbons (Fsp3) is 0.696. The molecule has 1 aromatic carbocycles. The minimum absolute atomic E-state index is 0. The number of hydrogen-bond acceptors (Lipinski definition) is 4. The van der Waals surface area contributed by atoms with Crippen molar-refractivity contribution >= 4 is 29.9 Å². The molecule has 1 unspecified atom stereocenters. The van der Waals surface area contributed by atoms with Crippen molar-refractivity contribution in [1.82, 2.24) is 20.4 Å². The van der Waals surface area contributed by atoms with Crippen LogP contribution >= 0.6 is 24.0 Å². The van der Waals surface area contributed by atoms with Crippen LogP contribution in [0.5, 0.6) is 5.75 Å². The molecule has 1 aliphatic rings. The maximum Gasteiger partial charge on any atom is 0.191 e. The van der Waals surface area contributed by atoms with E-state index in [4.69, 9.17) is 4.74 Å². The maximum absolute atomic E-state index is 13.4. The third-order valence-corrected chi connectivity index (χ3v) is 5.46. The summed E-state index contributed by atoms with van der Waals surface area (Å²) in [6.45, 7) is 15.7. The Morgan fingerprint density at radius 3 is 2.48 bits per heavy atom. The number of benzene rings is 1. The van der Waals surface area contributed by atoms with Gasteiger partial charge in [0.1, 0.15) is 17.7 Å². The largest absolute Gasteiger partial charge is 0.488 e. The molecule has 0 aliphatic carbocycles. The molecule has 2 N–H and O–H groups in total. The lowest BCUT2D eigenvalue weighted by atomic mass is 10.2. The van der Waals surface area contributed by atoms with Crippen LogP contribution in [0, 0.1) is 5.82 Å². The van der Waals surface area contributed by atoms with E-state index in [0.29, 0.717) is 12.3 Å². The average molecular weight is 550 g/mol. The number of unbranched alkanes of at least 4 members (excludes halogenated alkanes) is 1. The average Bonchev–Trinajstić information content (AvgIpc) is 2.76. The molecule has 1 atom stereocenters. The summed E-state index contributed by atoms with van der Waals surface area (Å²) in [5, 5.41) is 6.72. The third kappa shape index (κ3) is 11.3. The highest BCUT2D eigenvalue weighted by atomic mass is 127. The summed E-state index contributed by atoms with van der Waals surface area (Å²) in [6.07, 6.45) is 3.04. The molecule has 0 bridgehead atoms. The molecule has 0 aromatic heterocycles. The molecule has 178 valence electrons. The van der Waals surface area contributed by atoms with Gasteiger partial charge in [-0.15, -0.1) is 24.0 Å². The number of nitrogens with zero attached hydrogens (tertiary/aromatic N) is 3. The summed E-state index contributed by atoms with van der Waals surface area (Å²) in [4.78, 5) is 9.75. The first-order valence-corrected chi connectivity index (χ1v) is 11.5. The predicted molar refractivity (Wildman–Crippen MR) is 138 cm³/mol. The maximum atomic E-state index is 13.4. The fourth-order valence-electron chi connectivity index (χ4n) is 3.51. The number of likely N-dealkylation sites (N-methyl/N-ethyl adjacent to an activating group) is 1. The molecular weight excluding hydrogens is 508 g/mol. The van der Waals surface area contributed by atoms with Crippen molar-refractivity contribution in [3.05, 3.63) is 30.1 Å². The van der Waals surface area contributed by atoms with E-state index < -0.39 is 0 Å². The van der Waals surface area contributed by atoms with Gasteiger partial charge in [0, 0.05) is 45.3 Å². The van der Waals surface area contributed by atoms with Crippen molar-refractivity contribution in [3.8, 4) is 5.75 Å². The number of hydrogen-bond donors (Lipinski definition) is 2. The smallest absolute Gasteiger partial charge is 0.191 e. The van der Waals surface area contributed by atoms with E-state index in [1.807, 2.05) is 0 Å². The molecule has 1 heterocycles. The van der Waals surface area contributed by atoms with Crippen molar-refractivity contribution in [2.75, 3.05) is 58.9 Å². The Hall–Kier alpha value is -1.13. The SMILES string of the molecule is CCNC(=NCC(CC)Oc1cccc(F)c1)NCCCCN1CCN(CC)CC1.I. The zero-order chi connectivity index (χ0) is 21.6. The minimum Gasteiger partial charge on any atom is -0.488 e. The monoisotopic (exact) mass is 549 g/mol. The Bertz CT molecular complexity index is 626. The lowest BCUT2D eigenvalue weighted by Crippen LogP contribution is -2.46. The van der Waals surface area contributed by atoms with Gasteiger partial charge in [-0.25, -0.2) is 9.38 Å². The summed E-state index contributed by atoms with van der Waals surface area (Å²) in [5.41, 5.74) is 0. The molecular formula is C23H41FIN5O. The summed E-state index contributed by atoms with van der Waals surface area (Å²) in [5.74, 6) is 1.08. The molecule has 0 amide bonds. The Morgan fingerprint density at radius 1 is 1.10 bits per heavy atom. The Balaban J connectivity index is 0.00000480. The topological polar surface area (TPSA) is 52.1 Å². The van der Waals surface area contributed by atoms with Crippen LogP contribution in [-0.4, -0.2) is 80.8 Å². The number of nitrogens with one attached hydrogen (secondary N) is 2. The minimum atomic E-state index is -0.284. The Labute approximate surface area is 205 Å². The summed E-state index contributed by atoms with van der Waals surface area (Å²) < 4.78 is 19.2. The van der Waals surface area contributed by atoms with Crippen LogP contribution in [0.1, 0.15) is 40.0 Å². The van der Waals surface area contributed by atoms with E-state index in [0.717, 1.165) is 38.4 Å². The van der Waals surface area contributed by atoms with Gasteiger partial charge in [0.05, 0.1) is 6.54 Å². The van der Waals surface area contributed by atoms with Crippen molar-refractivity contribution in [2.45, 2.75) is 46.1 Å². The van der Waals surface area contributed by atoms with Crippen molar-refractivity contribution in [3.63, 3.8) is 0 Å². The third-order valence-electron chi connectivity index (χ3n) is 5.46. The van der Waals surface area contributed by atoms with Gasteiger partial charge in [-0.3, -0.25) is 0 Å². The molecule has 1 aromatic rings. The fourth-order valence-corrected chi connectivity index (χ4v) is 3.51. The highest BCUT2D eigenvalue weighted by molar-refractivity contribution is 14.0. The lowest BCUT2D eigenvalue weighted by Gasteiger charge is -2.34. The van der Waals surface area contributed by atoms with Crippen LogP contribution < -0.4 is 15.4 Å². The molecule has 0 saturated carbocycles. The number of rotatable bonds is 12. The highest BCUT2D eigenvalue weighted by Gasteiger charge is 2.14. The number of guanidine groups is 1. The van der Waals surface area contributed by atoms with Crippen LogP contribution in [0.25, 0.3) is 0 Å². The number of aliphatic imine (C=N–C) groups is 1. The normalized spacial score (nSPS) is 16.5. The molecule has 1 fully saturated rings. The van der Waals surface area contributed by atoms with E-state index in [2.05, 4.69) is 46.2 Å². The second-order valence-corrected chi connectivity index (χ2v) is 7.73. The van der Waals surface area contributed by atoms with Gasteiger partial charge in [-0.2, -0.15) is 0 Å². The van der Waals surface area contributed by atoms with Crippen LogP contribution in [0.15, 0.2) is 29.3 Å². The standard InChI is InChI=1S/C23H40FN5O.HI/c1-4-21(30-22-11-9-10-20(24)18-22)19-27-23(25-5-2)26-12-7-8-13-29-16-14-28(6-3)15-17-29;/h9-11,18,21H,4-8,12-17,19H2,1-3H3,(H2,25,26,27);1H. The first kappa shape index (κ1) is 27.9. The summed E-state index contributed by atoms with van der Waals surface area (Å²) in [6, 6.07) is 6.28. The zero-order valence-electron chi connectivity index (χ0n) is 19.4. The lowest BCUT2D eigenvalue weighted by molar-refractivity contribution is 0.136. The molecule has 0 radical (unpaired) electrons. The molecule has 1 aliphatic heterocycles. The van der Waals surface area contributed by atoms with Crippen LogP contribution in [0.4, 0.5) is 4.39 Å². The second kappa shape index (κ2) is 16.5. The van der Waals surface area contributed by atoms with Crippen molar-refractivity contribution in [1.29, 1.82) is 0 Å². The number of piperazine rings is 1. The molecule has 0 spiro atoms.